The van der Waals surface area contributed by atoms with Gasteiger partial charge >= 0.3 is 23.8 Å². The number of hydrogen-bond acceptors (Lipinski definition) is 6. The van der Waals surface area contributed by atoms with Crippen LogP contribution in [-0.2, 0) is 4.79 Å². The number of anilines is 2. The van der Waals surface area contributed by atoms with E-state index < -0.39 is 29.8 Å². The van der Waals surface area contributed by atoms with Crippen molar-refractivity contribution < 1.29 is 28.4 Å². The van der Waals surface area contributed by atoms with Crippen LogP contribution < -0.4 is 16.0 Å². The topological polar surface area (TPSA) is 146 Å². The molecule has 0 saturated carbocycles. The highest BCUT2D eigenvalue weighted by molar-refractivity contribution is 6.00. The van der Waals surface area contributed by atoms with Crippen molar-refractivity contribution in [3.63, 3.8) is 0 Å². The van der Waals surface area contributed by atoms with E-state index >= 15 is 0 Å². The number of aliphatic carboxylic acids is 1. The summed E-state index contributed by atoms with van der Waals surface area (Å²) in [6, 6.07) is 10.3. The summed E-state index contributed by atoms with van der Waals surface area (Å²) < 4.78 is 18.5. The Balaban J connectivity index is 1.63. The highest BCUT2D eigenvalue weighted by atomic mass is 19.1. The molecule has 3 aromatic rings. The van der Waals surface area contributed by atoms with Gasteiger partial charge in [-0.2, -0.15) is 4.98 Å². The van der Waals surface area contributed by atoms with Gasteiger partial charge in [-0.1, -0.05) is 31.1 Å². The number of rotatable bonds is 7. The molecule has 0 aliphatic carbocycles. The van der Waals surface area contributed by atoms with E-state index in [4.69, 9.17) is 4.52 Å². The number of halogens is 1. The first-order chi connectivity index (χ1) is 15.2. The first-order valence-corrected chi connectivity index (χ1v) is 9.55. The fourth-order valence-electron chi connectivity index (χ4n) is 2.70. The molecule has 2 aromatic carbocycles. The summed E-state index contributed by atoms with van der Waals surface area (Å²) in [6.07, 6.45) is 0. The van der Waals surface area contributed by atoms with Crippen molar-refractivity contribution in [2.45, 2.75) is 19.9 Å². The Bertz CT molecular complexity index is 1130. The summed E-state index contributed by atoms with van der Waals surface area (Å²) in [4.78, 5) is 39.5. The maximum absolute atomic E-state index is 13.6. The Kier molecular flexibility index (Phi) is 6.78. The van der Waals surface area contributed by atoms with Crippen LogP contribution >= 0.6 is 0 Å². The van der Waals surface area contributed by atoms with Crippen LogP contribution in [0.2, 0.25) is 0 Å². The molecule has 166 valence electrons. The summed E-state index contributed by atoms with van der Waals surface area (Å²) in [5.74, 6) is -3.14. The zero-order chi connectivity index (χ0) is 23.3. The Morgan fingerprint density at radius 2 is 1.72 bits per heavy atom. The molecule has 1 aromatic heterocycles. The lowest BCUT2D eigenvalue weighted by atomic mass is 10.1. The second kappa shape index (κ2) is 9.69. The quantitative estimate of drug-likeness (QED) is 0.440. The Hall–Kier alpha value is -4.28. The number of carbonyl (C=O) groups is 3. The number of nitrogens with zero attached hydrogens (tertiary/aromatic N) is 2. The second-order valence-corrected chi connectivity index (χ2v) is 7.09. The third-order valence-corrected chi connectivity index (χ3v) is 4.36. The molecule has 0 radical (unpaired) electrons. The van der Waals surface area contributed by atoms with Crippen LogP contribution in [0, 0.1) is 11.7 Å². The van der Waals surface area contributed by atoms with E-state index in [1.807, 2.05) is 0 Å². The standard InChI is InChI=1S/C21H20FN5O5/c1-11(2)16(20(29)30)25-18(28)19-26-17(27-32-19)12-7-9-13(10-8-12)23-21(31)24-15-6-4-3-5-14(15)22/h3-11,16H,1-2H3,(H,25,28)(H,29,30)(H2,23,24,31). The molecule has 4 N–H and O–H groups in total. The van der Waals surface area contributed by atoms with E-state index in [1.165, 1.54) is 18.2 Å². The lowest BCUT2D eigenvalue weighted by molar-refractivity contribution is -0.140. The maximum atomic E-state index is 13.6. The van der Waals surface area contributed by atoms with Gasteiger partial charge in [0.25, 0.3) is 0 Å². The van der Waals surface area contributed by atoms with Crippen LogP contribution in [0.15, 0.2) is 53.1 Å². The van der Waals surface area contributed by atoms with Gasteiger partial charge in [-0.05, 0) is 42.3 Å². The largest absolute Gasteiger partial charge is 0.480 e. The van der Waals surface area contributed by atoms with Gasteiger partial charge in [0.1, 0.15) is 11.9 Å². The van der Waals surface area contributed by atoms with E-state index in [-0.39, 0.29) is 23.3 Å². The van der Waals surface area contributed by atoms with Crippen molar-refractivity contribution in [1.82, 2.24) is 15.5 Å². The highest BCUT2D eigenvalue weighted by Gasteiger charge is 2.26. The predicted octanol–water partition coefficient (Wildman–Crippen LogP) is 3.36. The fourth-order valence-corrected chi connectivity index (χ4v) is 2.70. The van der Waals surface area contributed by atoms with Crippen molar-refractivity contribution in [3.8, 4) is 11.4 Å². The summed E-state index contributed by atoms with van der Waals surface area (Å²) in [6.45, 7) is 3.31. The molecule has 0 bridgehead atoms. The number of carbonyl (C=O) groups excluding carboxylic acids is 2. The fraction of sp³-hybridized carbons (Fsp3) is 0.190. The molecular weight excluding hydrogens is 421 g/mol. The summed E-state index contributed by atoms with van der Waals surface area (Å²) >= 11 is 0. The summed E-state index contributed by atoms with van der Waals surface area (Å²) in [5, 5.41) is 20.2. The number of carboxylic acid groups (broad SMARTS) is 1. The third-order valence-electron chi connectivity index (χ3n) is 4.36. The van der Waals surface area contributed by atoms with Crippen molar-refractivity contribution in [1.29, 1.82) is 0 Å². The number of amides is 3. The van der Waals surface area contributed by atoms with Crippen molar-refractivity contribution >= 4 is 29.3 Å². The molecule has 10 nitrogen and oxygen atoms in total. The van der Waals surface area contributed by atoms with Crippen molar-refractivity contribution in [2.24, 2.45) is 5.92 Å². The van der Waals surface area contributed by atoms with Gasteiger partial charge in [-0.15, -0.1) is 0 Å². The molecule has 0 spiro atoms. The molecular formula is C21H20FN5O5. The van der Waals surface area contributed by atoms with Gasteiger partial charge in [0.05, 0.1) is 5.69 Å². The number of carboxylic acids is 1. The first-order valence-electron chi connectivity index (χ1n) is 9.55. The zero-order valence-corrected chi connectivity index (χ0v) is 17.1. The van der Waals surface area contributed by atoms with Gasteiger partial charge in [-0.3, -0.25) is 4.79 Å². The molecule has 11 heteroatoms. The molecule has 0 saturated heterocycles. The van der Waals surface area contributed by atoms with Crippen molar-refractivity contribution in [3.05, 3.63) is 60.2 Å². The number of aromatic nitrogens is 2. The minimum Gasteiger partial charge on any atom is -0.480 e. The average molecular weight is 441 g/mol. The van der Waals surface area contributed by atoms with Crippen LogP contribution in [-0.4, -0.2) is 39.2 Å². The number of nitrogens with one attached hydrogen (secondary N) is 3. The SMILES string of the molecule is CC(C)C(NC(=O)c1nc(-c2ccc(NC(=O)Nc3ccccc3F)cc2)no1)C(=O)O. The van der Waals surface area contributed by atoms with Crippen molar-refractivity contribution in [2.75, 3.05) is 10.6 Å². The lowest BCUT2D eigenvalue weighted by Crippen LogP contribution is -2.44. The monoisotopic (exact) mass is 441 g/mol. The van der Waals surface area contributed by atoms with Gasteiger partial charge < -0.3 is 25.6 Å². The third kappa shape index (κ3) is 5.45. The van der Waals surface area contributed by atoms with E-state index in [0.29, 0.717) is 11.3 Å². The van der Waals surface area contributed by atoms with Gasteiger partial charge in [0.2, 0.25) is 5.82 Å². The van der Waals surface area contributed by atoms with Gasteiger partial charge in [-0.25, -0.2) is 14.0 Å². The van der Waals surface area contributed by atoms with E-state index in [0.717, 1.165) is 0 Å². The Morgan fingerprint density at radius 3 is 2.34 bits per heavy atom. The molecule has 0 aliphatic heterocycles. The maximum Gasteiger partial charge on any atom is 0.326 e. The molecule has 1 unspecified atom stereocenters. The number of hydrogen-bond donors (Lipinski definition) is 4. The highest BCUT2D eigenvalue weighted by Crippen LogP contribution is 2.20. The molecule has 1 heterocycles. The zero-order valence-electron chi connectivity index (χ0n) is 17.1. The minimum atomic E-state index is -1.17. The second-order valence-electron chi connectivity index (χ2n) is 7.09. The van der Waals surface area contributed by atoms with Gasteiger partial charge in [0, 0.05) is 11.3 Å². The van der Waals surface area contributed by atoms with Crippen LogP contribution in [0.3, 0.4) is 0 Å². The molecule has 3 amide bonds. The summed E-state index contributed by atoms with van der Waals surface area (Å²) in [7, 11) is 0. The van der Waals surface area contributed by atoms with Crippen LogP contribution in [0.5, 0.6) is 0 Å². The normalized spacial score (nSPS) is 11.6. The number of benzene rings is 2. The van der Waals surface area contributed by atoms with Crippen LogP contribution in [0.25, 0.3) is 11.4 Å². The molecule has 0 aliphatic rings. The minimum absolute atomic E-state index is 0.0434. The van der Waals surface area contributed by atoms with Crippen LogP contribution in [0.1, 0.15) is 24.5 Å². The molecule has 0 fully saturated rings. The Morgan fingerprint density at radius 1 is 1.03 bits per heavy atom. The van der Waals surface area contributed by atoms with E-state index in [1.54, 1.807) is 44.2 Å². The van der Waals surface area contributed by atoms with Gasteiger partial charge in [0.15, 0.2) is 0 Å². The number of urea groups is 1. The Labute approximate surface area is 181 Å². The molecule has 32 heavy (non-hydrogen) atoms. The van der Waals surface area contributed by atoms with E-state index in [9.17, 15) is 23.9 Å². The lowest BCUT2D eigenvalue weighted by Gasteiger charge is -2.16. The average Bonchev–Trinajstić information content (AvgIpc) is 3.24. The first kappa shape index (κ1) is 22.4. The summed E-state index contributed by atoms with van der Waals surface area (Å²) in [5.41, 5.74) is 0.957. The smallest absolute Gasteiger partial charge is 0.326 e. The number of para-hydroxylation sites is 1. The van der Waals surface area contributed by atoms with Crippen LogP contribution in [0.4, 0.5) is 20.6 Å². The molecule has 3 rings (SSSR count). The van der Waals surface area contributed by atoms with E-state index in [2.05, 4.69) is 26.1 Å². The molecule has 1 atom stereocenters. The predicted molar refractivity (Wildman–Crippen MR) is 113 cm³/mol.